The van der Waals surface area contributed by atoms with E-state index < -0.39 is 12.2 Å². The van der Waals surface area contributed by atoms with E-state index in [0.29, 0.717) is 32.5 Å². The molecular formula is C27H34N2O2. The molecule has 0 aliphatic heterocycles. The molecule has 0 saturated heterocycles. The molecule has 0 amide bonds. The normalized spacial score (nSPS) is 14.3. The summed E-state index contributed by atoms with van der Waals surface area (Å²) in [6.45, 7) is 3.73. The standard InChI is InChI=1S/C27H34N2O2/c1-22(30)17-26(25-15-9-4-10-16-25)18-27(31)21-29(20-24-13-7-3-8-14-24)28-19-23-11-5-2-6-12-23/h2-16,22,26-28,30-31H,17-21H2,1H3. The van der Waals surface area contributed by atoms with Gasteiger partial charge in [-0.2, -0.15) is 0 Å². The number of aliphatic hydroxyl groups excluding tert-OH is 2. The molecule has 31 heavy (non-hydrogen) atoms. The van der Waals surface area contributed by atoms with Crippen LogP contribution in [-0.2, 0) is 13.1 Å². The third-order valence-corrected chi connectivity index (χ3v) is 5.45. The first-order valence-electron chi connectivity index (χ1n) is 11.1. The van der Waals surface area contributed by atoms with E-state index in [4.69, 9.17) is 0 Å². The minimum Gasteiger partial charge on any atom is -0.393 e. The second kappa shape index (κ2) is 12.4. The monoisotopic (exact) mass is 418 g/mol. The average molecular weight is 419 g/mol. The molecular weight excluding hydrogens is 384 g/mol. The lowest BCUT2D eigenvalue weighted by Crippen LogP contribution is -2.42. The zero-order valence-electron chi connectivity index (χ0n) is 18.3. The molecule has 4 nitrogen and oxygen atoms in total. The van der Waals surface area contributed by atoms with E-state index in [2.05, 4.69) is 46.8 Å². The minimum atomic E-state index is -0.518. The Kier molecular flexibility index (Phi) is 9.25. The maximum atomic E-state index is 11.0. The summed E-state index contributed by atoms with van der Waals surface area (Å²) in [4.78, 5) is 0. The molecule has 0 bridgehead atoms. The Balaban J connectivity index is 1.65. The lowest BCUT2D eigenvalue weighted by Gasteiger charge is -2.28. The molecule has 3 N–H and O–H groups in total. The van der Waals surface area contributed by atoms with Gasteiger partial charge in [0.15, 0.2) is 0 Å². The van der Waals surface area contributed by atoms with Gasteiger partial charge in [-0.3, -0.25) is 5.43 Å². The second-order valence-electron chi connectivity index (χ2n) is 8.27. The summed E-state index contributed by atoms with van der Waals surface area (Å²) in [6.07, 6.45) is 0.315. The van der Waals surface area contributed by atoms with Crippen LogP contribution in [0.15, 0.2) is 91.0 Å². The summed E-state index contributed by atoms with van der Waals surface area (Å²) in [5, 5.41) is 23.1. The first-order valence-corrected chi connectivity index (χ1v) is 11.1. The van der Waals surface area contributed by atoms with Gasteiger partial charge in [-0.15, -0.1) is 0 Å². The van der Waals surface area contributed by atoms with Crippen molar-refractivity contribution >= 4 is 0 Å². The van der Waals surface area contributed by atoms with Gasteiger partial charge in [0.05, 0.1) is 12.2 Å². The Morgan fingerprint density at radius 1 is 0.742 bits per heavy atom. The lowest BCUT2D eigenvalue weighted by molar-refractivity contribution is 0.0600. The minimum absolute atomic E-state index is 0.115. The van der Waals surface area contributed by atoms with E-state index >= 15 is 0 Å². The van der Waals surface area contributed by atoms with Crippen LogP contribution in [0.2, 0.25) is 0 Å². The molecule has 0 heterocycles. The van der Waals surface area contributed by atoms with Crippen molar-refractivity contribution in [3.63, 3.8) is 0 Å². The predicted octanol–water partition coefficient (Wildman–Crippen LogP) is 4.50. The SMILES string of the molecule is CC(O)CC(CC(O)CN(Cc1ccccc1)NCc1ccccc1)c1ccccc1. The number of nitrogens with zero attached hydrogens (tertiary/aromatic N) is 1. The maximum absolute atomic E-state index is 11.0. The summed E-state index contributed by atoms with van der Waals surface area (Å²) < 4.78 is 0. The molecule has 0 aromatic heterocycles. The predicted molar refractivity (Wildman–Crippen MR) is 126 cm³/mol. The van der Waals surface area contributed by atoms with Crippen LogP contribution in [0.1, 0.15) is 42.4 Å². The van der Waals surface area contributed by atoms with Gasteiger partial charge in [0.2, 0.25) is 0 Å². The van der Waals surface area contributed by atoms with Crippen LogP contribution in [0.4, 0.5) is 0 Å². The van der Waals surface area contributed by atoms with Crippen molar-refractivity contribution in [2.24, 2.45) is 0 Å². The van der Waals surface area contributed by atoms with E-state index in [1.807, 2.05) is 61.5 Å². The third kappa shape index (κ3) is 8.27. The molecule has 0 aliphatic carbocycles. The van der Waals surface area contributed by atoms with E-state index in [1.165, 1.54) is 11.1 Å². The van der Waals surface area contributed by atoms with Crippen LogP contribution in [0.3, 0.4) is 0 Å². The largest absolute Gasteiger partial charge is 0.393 e. The maximum Gasteiger partial charge on any atom is 0.0687 e. The molecule has 3 aromatic rings. The molecule has 0 fully saturated rings. The zero-order chi connectivity index (χ0) is 21.9. The van der Waals surface area contributed by atoms with Gasteiger partial charge < -0.3 is 10.2 Å². The number of benzene rings is 3. The van der Waals surface area contributed by atoms with Gasteiger partial charge in [-0.25, -0.2) is 5.01 Å². The zero-order valence-corrected chi connectivity index (χ0v) is 18.3. The molecule has 4 heteroatoms. The van der Waals surface area contributed by atoms with E-state index in [-0.39, 0.29) is 5.92 Å². The molecule has 0 saturated carbocycles. The summed E-state index contributed by atoms with van der Waals surface area (Å²) in [5.74, 6) is 0.115. The fourth-order valence-corrected chi connectivity index (χ4v) is 3.95. The summed E-state index contributed by atoms with van der Waals surface area (Å²) in [6, 6.07) is 30.7. The fourth-order valence-electron chi connectivity index (χ4n) is 3.95. The number of hydrogen-bond donors (Lipinski definition) is 3. The van der Waals surface area contributed by atoms with Crippen molar-refractivity contribution in [1.29, 1.82) is 0 Å². The second-order valence-corrected chi connectivity index (χ2v) is 8.27. The topological polar surface area (TPSA) is 55.7 Å². The van der Waals surface area contributed by atoms with Crippen molar-refractivity contribution in [2.75, 3.05) is 6.54 Å². The van der Waals surface area contributed by atoms with E-state index in [1.54, 1.807) is 0 Å². The van der Waals surface area contributed by atoms with Crippen molar-refractivity contribution in [2.45, 2.75) is 51.0 Å². The molecule has 0 spiro atoms. The Bertz CT molecular complexity index is 856. The number of aliphatic hydroxyl groups is 2. The molecule has 164 valence electrons. The van der Waals surface area contributed by atoms with Gasteiger partial charge in [-0.05, 0) is 42.4 Å². The highest BCUT2D eigenvalue weighted by molar-refractivity contribution is 5.20. The van der Waals surface area contributed by atoms with Crippen molar-refractivity contribution in [1.82, 2.24) is 10.4 Å². The summed E-state index contributed by atoms with van der Waals surface area (Å²) in [7, 11) is 0. The first kappa shape index (κ1) is 23.2. The van der Waals surface area contributed by atoms with Crippen molar-refractivity contribution < 1.29 is 10.2 Å². The van der Waals surface area contributed by atoms with Gasteiger partial charge >= 0.3 is 0 Å². The Morgan fingerprint density at radius 2 is 1.29 bits per heavy atom. The summed E-state index contributed by atoms with van der Waals surface area (Å²) >= 11 is 0. The molecule has 3 aromatic carbocycles. The quantitative estimate of drug-likeness (QED) is 0.379. The Hall–Kier alpha value is -2.50. The highest BCUT2D eigenvalue weighted by Crippen LogP contribution is 2.26. The lowest BCUT2D eigenvalue weighted by atomic mass is 9.88. The van der Waals surface area contributed by atoms with Crippen molar-refractivity contribution in [3.8, 4) is 0 Å². The van der Waals surface area contributed by atoms with Crippen LogP contribution in [-0.4, -0.2) is 34.0 Å². The molecule has 3 rings (SSSR count). The fraction of sp³-hybridized carbons (Fsp3) is 0.333. The Labute approximate surface area is 186 Å². The number of nitrogens with one attached hydrogen (secondary N) is 1. The highest BCUT2D eigenvalue weighted by Gasteiger charge is 2.20. The van der Waals surface area contributed by atoms with Crippen LogP contribution >= 0.6 is 0 Å². The number of hydrazine groups is 1. The van der Waals surface area contributed by atoms with Crippen LogP contribution in [0.5, 0.6) is 0 Å². The molecule has 0 aliphatic rings. The highest BCUT2D eigenvalue weighted by atomic mass is 16.3. The van der Waals surface area contributed by atoms with E-state index in [0.717, 1.165) is 5.56 Å². The van der Waals surface area contributed by atoms with Crippen LogP contribution in [0, 0.1) is 0 Å². The van der Waals surface area contributed by atoms with Gasteiger partial charge in [0.1, 0.15) is 0 Å². The van der Waals surface area contributed by atoms with Crippen molar-refractivity contribution in [3.05, 3.63) is 108 Å². The number of rotatable bonds is 12. The Morgan fingerprint density at radius 3 is 1.87 bits per heavy atom. The molecule has 0 radical (unpaired) electrons. The average Bonchev–Trinajstić information content (AvgIpc) is 2.79. The molecule has 3 atom stereocenters. The van der Waals surface area contributed by atoms with Gasteiger partial charge in [0, 0.05) is 19.6 Å². The van der Waals surface area contributed by atoms with Crippen LogP contribution in [0.25, 0.3) is 0 Å². The number of hydrogen-bond acceptors (Lipinski definition) is 4. The van der Waals surface area contributed by atoms with Gasteiger partial charge in [-0.1, -0.05) is 91.0 Å². The van der Waals surface area contributed by atoms with E-state index in [9.17, 15) is 10.2 Å². The van der Waals surface area contributed by atoms with Gasteiger partial charge in [0.25, 0.3) is 0 Å². The van der Waals surface area contributed by atoms with Crippen LogP contribution < -0.4 is 5.43 Å². The molecule has 3 unspecified atom stereocenters. The summed E-state index contributed by atoms with van der Waals surface area (Å²) in [5.41, 5.74) is 7.05. The first-order chi connectivity index (χ1) is 15.1. The third-order valence-electron chi connectivity index (χ3n) is 5.45. The smallest absolute Gasteiger partial charge is 0.0687 e.